The third-order valence-corrected chi connectivity index (χ3v) is 7.44. The summed E-state index contributed by atoms with van der Waals surface area (Å²) in [5.41, 5.74) is 3.61. The first-order valence-corrected chi connectivity index (χ1v) is 12.6. The molecule has 3 aliphatic rings. The first-order chi connectivity index (χ1) is 17.0. The smallest absolute Gasteiger partial charge is 0.253 e. The number of hydrogen-bond acceptors (Lipinski definition) is 6. The minimum Gasteiger partial charge on any atom is -0.382 e. The molecule has 5 rings (SSSR count). The number of hydroxylamine groups is 2. The highest BCUT2D eigenvalue weighted by atomic mass is 19.3. The number of nitrogens with zero attached hydrogens (tertiary/aromatic N) is 2. The van der Waals surface area contributed by atoms with Crippen molar-refractivity contribution in [3.63, 3.8) is 0 Å². The van der Waals surface area contributed by atoms with E-state index in [1.807, 2.05) is 5.06 Å². The summed E-state index contributed by atoms with van der Waals surface area (Å²) < 4.78 is 12.5. The molecule has 7 nitrogen and oxygen atoms in total. The quantitative estimate of drug-likeness (QED) is 0.582. The molecule has 8 heteroatoms. The van der Waals surface area contributed by atoms with Gasteiger partial charge in [-0.3, -0.25) is 19.6 Å². The predicted molar refractivity (Wildman–Crippen MR) is 133 cm³/mol. The van der Waals surface area contributed by atoms with Gasteiger partial charge in [-0.2, -0.15) is 5.06 Å². The summed E-state index contributed by atoms with van der Waals surface area (Å²) in [4.78, 5) is 27.3. The number of piperidine rings is 1. The van der Waals surface area contributed by atoms with Gasteiger partial charge in [0.2, 0.25) is 0 Å². The summed E-state index contributed by atoms with van der Waals surface area (Å²) in [6.07, 6.45) is 7.16. The zero-order chi connectivity index (χ0) is 24.3. The van der Waals surface area contributed by atoms with E-state index in [9.17, 15) is 9.32 Å². The van der Waals surface area contributed by atoms with E-state index in [-0.39, 0.29) is 11.7 Å². The number of halogens is 1. The molecule has 1 aliphatic carbocycles. The molecule has 35 heavy (non-hydrogen) atoms. The monoisotopic (exact) mass is 480 g/mol. The van der Waals surface area contributed by atoms with E-state index in [1.165, 1.54) is 54.6 Å². The fraction of sp³-hybridized carbons (Fsp3) is 0.481. The Kier molecular flexibility index (Phi) is 7.02. The second-order valence-electron chi connectivity index (χ2n) is 9.83. The fourth-order valence-corrected chi connectivity index (χ4v) is 5.33. The lowest BCUT2D eigenvalue weighted by atomic mass is 9.89. The van der Waals surface area contributed by atoms with E-state index in [1.54, 1.807) is 12.1 Å². The molecule has 0 atom stereocenters. The Hall–Kier alpha value is -2.97. The second-order valence-corrected chi connectivity index (χ2v) is 9.83. The van der Waals surface area contributed by atoms with Gasteiger partial charge in [-0.05, 0) is 74.4 Å². The Labute approximate surface area is 205 Å². The van der Waals surface area contributed by atoms with Gasteiger partial charge >= 0.3 is 0 Å². The number of rotatable bonds is 8. The summed E-state index contributed by atoms with van der Waals surface area (Å²) in [7, 11) is 0. The highest BCUT2D eigenvalue weighted by Crippen LogP contribution is 2.32. The van der Waals surface area contributed by atoms with Crippen LogP contribution in [0.5, 0.6) is 5.75 Å². The van der Waals surface area contributed by atoms with Crippen molar-refractivity contribution < 1.29 is 19.1 Å². The summed E-state index contributed by atoms with van der Waals surface area (Å²) >= 11 is 0. The van der Waals surface area contributed by atoms with Gasteiger partial charge in [-0.1, -0.05) is 31.0 Å². The first-order valence-electron chi connectivity index (χ1n) is 12.6. The number of amides is 1. The van der Waals surface area contributed by atoms with Crippen LogP contribution in [0.1, 0.15) is 55.2 Å². The molecule has 1 saturated carbocycles. The molecule has 2 fully saturated rings. The average molecular weight is 481 g/mol. The minimum absolute atomic E-state index is 0.0820. The maximum Gasteiger partial charge on any atom is 0.253 e. The molecule has 0 bridgehead atoms. The number of amidine groups is 1. The number of aliphatic imine (C=N–C) groups is 1. The fourth-order valence-electron chi connectivity index (χ4n) is 5.33. The normalized spacial score (nSPS) is 20.2. The Bertz CT molecular complexity index is 1090. The number of carbonyl (C=O) groups is 1. The molecule has 0 radical (unpaired) electrons. The van der Waals surface area contributed by atoms with Gasteiger partial charge in [0.15, 0.2) is 5.75 Å². The van der Waals surface area contributed by atoms with E-state index in [2.05, 4.69) is 40.7 Å². The Balaban J connectivity index is 1.11. The van der Waals surface area contributed by atoms with Crippen LogP contribution < -0.4 is 15.6 Å². The molecule has 0 aromatic heterocycles. The van der Waals surface area contributed by atoms with Crippen molar-refractivity contribution in [1.29, 1.82) is 0 Å². The van der Waals surface area contributed by atoms with Crippen molar-refractivity contribution in [2.75, 3.05) is 25.0 Å². The highest BCUT2D eigenvalue weighted by molar-refractivity contribution is 6.15. The topological polar surface area (TPSA) is 75.2 Å². The molecule has 0 unspecified atom stereocenters. The molecular formula is C27H33FN4O3. The lowest BCUT2D eigenvalue weighted by molar-refractivity contribution is -0.176. The van der Waals surface area contributed by atoms with Gasteiger partial charge in [-0.15, -0.1) is 0 Å². The SMILES string of the molecule is Cc1cc(NC2CCCC2)ccc1CCON1CCC2(CC1)N=C(c1cccc(OF)c1)NC2=O. The van der Waals surface area contributed by atoms with E-state index in [0.717, 1.165) is 6.42 Å². The van der Waals surface area contributed by atoms with Crippen LogP contribution in [-0.2, 0) is 16.1 Å². The number of aryl methyl sites for hydroxylation is 1. The summed E-state index contributed by atoms with van der Waals surface area (Å²) in [5, 5.41) is 8.46. The molecule has 2 N–H and O–H groups in total. The van der Waals surface area contributed by atoms with Crippen LogP contribution in [0.25, 0.3) is 0 Å². The molecule has 1 spiro atoms. The third-order valence-electron chi connectivity index (χ3n) is 7.44. The maximum absolute atomic E-state index is 12.8. The molecule has 186 valence electrons. The molecule has 1 amide bonds. The Morgan fingerprint density at radius 3 is 2.71 bits per heavy atom. The molecule has 2 heterocycles. The van der Waals surface area contributed by atoms with Crippen LogP contribution in [0.15, 0.2) is 47.5 Å². The number of nitrogens with one attached hydrogen (secondary N) is 2. The van der Waals surface area contributed by atoms with Crippen LogP contribution in [-0.4, -0.2) is 48.1 Å². The average Bonchev–Trinajstić information content (AvgIpc) is 3.50. The molecule has 2 aliphatic heterocycles. The molecule has 2 aromatic carbocycles. The standard InChI is InChI=1S/C27H33FN4O3/c1-19-17-23(29-22-6-2-3-7-22)10-9-20(19)11-16-34-32-14-12-27(13-15-32)26(33)30-25(31-27)21-5-4-8-24(18-21)35-28/h4-5,8-10,17-18,22,29H,2-3,6-7,11-16H2,1H3,(H,30,31,33). The van der Waals surface area contributed by atoms with Gasteiger partial charge in [0.1, 0.15) is 11.4 Å². The van der Waals surface area contributed by atoms with Crippen molar-refractivity contribution >= 4 is 17.4 Å². The van der Waals surface area contributed by atoms with Crippen molar-refractivity contribution in [2.24, 2.45) is 4.99 Å². The van der Waals surface area contributed by atoms with Crippen LogP contribution in [0.4, 0.5) is 10.2 Å². The van der Waals surface area contributed by atoms with Gasteiger partial charge in [0.05, 0.1) is 6.61 Å². The highest BCUT2D eigenvalue weighted by Gasteiger charge is 2.46. The van der Waals surface area contributed by atoms with Crippen molar-refractivity contribution in [3.8, 4) is 5.75 Å². The predicted octanol–water partition coefficient (Wildman–Crippen LogP) is 4.50. The number of benzene rings is 2. The summed E-state index contributed by atoms with van der Waals surface area (Å²) in [6.45, 7) is 4.01. The number of anilines is 1. The summed E-state index contributed by atoms with van der Waals surface area (Å²) in [5.74, 6) is 0.434. The molecule has 1 saturated heterocycles. The van der Waals surface area contributed by atoms with E-state index in [0.29, 0.717) is 50.0 Å². The Morgan fingerprint density at radius 1 is 1.17 bits per heavy atom. The maximum atomic E-state index is 12.8. The van der Waals surface area contributed by atoms with Gasteiger partial charge < -0.3 is 10.6 Å². The number of hydrogen-bond donors (Lipinski definition) is 2. The largest absolute Gasteiger partial charge is 0.382 e. The lowest BCUT2D eigenvalue weighted by Crippen LogP contribution is -2.49. The van der Waals surface area contributed by atoms with Crippen LogP contribution in [0.3, 0.4) is 0 Å². The van der Waals surface area contributed by atoms with Crippen LogP contribution in [0, 0.1) is 6.92 Å². The third kappa shape index (κ3) is 5.33. The van der Waals surface area contributed by atoms with E-state index < -0.39 is 5.54 Å². The number of carbonyl (C=O) groups excluding carboxylic acids is 1. The van der Waals surface area contributed by atoms with Crippen molar-refractivity contribution in [2.45, 2.75) is 63.5 Å². The van der Waals surface area contributed by atoms with Crippen molar-refractivity contribution in [1.82, 2.24) is 10.4 Å². The van der Waals surface area contributed by atoms with Gasteiger partial charge in [-0.25, -0.2) is 0 Å². The molecular weight excluding hydrogens is 447 g/mol. The van der Waals surface area contributed by atoms with Crippen molar-refractivity contribution in [3.05, 3.63) is 59.2 Å². The molecule has 2 aromatic rings. The van der Waals surface area contributed by atoms with E-state index in [4.69, 9.17) is 9.83 Å². The zero-order valence-corrected chi connectivity index (χ0v) is 20.2. The van der Waals surface area contributed by atoms with Crippen LogP contribution >= 0.6 is 0 Å². The Morgan fingerprint density at radius 2 is 1.97 bits per heavy atom. The first kappa shape index (κ1) is 23.8. The van der Waals surface area contributed by atoms with Gasteiger partial charge in [0.25, 0.3) is 5.91 Å². The van der Waals surface area contributed by atoms with Gasteiger partial charge in [0, 0.05) is 34.9 Å². The lowest BCUT2D eigenvalue weighted by Gasteiger charge is -2.34. The van der Waals surface area contributed by atoms with E-state index >= 15 is 0 Å². The van der Waals surface area contributed by atoms with Crippen LogP contribution in [0.2, 0.25) is 0 Å². The second kappa shape index (κ2) is 10.3. The summed E-state index contributed by atoms with van der Waals surface area (Å²) in [6, 6.07) is 13.7. The minimum atomic E-state index is -0.791. The zero-order valence-electron chi connectivity index (χ0n) is 20.2.